The molecule has 2 nitrogen and oxygen atoms in total. The highest BCUT2D eigenvalue weighted by Gasteiger charge is 1.91. The van der Waals surface area contributed by atoms with Crippen molar-refractivity contribution in [2.75, 3.05) is 5.32 Å². The number of allylic oxidation sites excluding steroid dienone is 1. The van der Waals surface area contributed by atoms with Crippen molar-refractivity contribution in [3.8, 4) is 0 Å². The monoisotopic (exact) mass is 162 g/mol. The molecular formula is C10H14N2. The maximum Gasteiger partial charge on any atom is 0.0381 e. The average Bonchev–Trinajstić information content (AvgIpc) is 2.05. The lowest BCUT2D eigenvalue weighted by Crippen LogP contribution is -1.97. The fourth-order valence-corrected chi connectivity index (χ4v) is 0.971. The third-order valence-electron chi connectivity index (χ3n) is 1.55. The van der Waals surface area contributed by atoms with Gasteiger partial charge in [0, 0.05) is 17.9 Å². The Balaban J connectivity index is 2.71. The summed E-state index contributed by atoms with van der Waals surface area (Å²) in [6, 6.07) is 8.00. The van der Waals surface area contributed by atoms with Gasteiger partial charge in [-0.25, -0.2) is 0 Å². The highest BCUT2D eigenvalue weighted by Crippen LogP contribution is 2.10. The molecule has 0 bridgehead atoms. The second-order valence-electron chi connectivity index (χ2n) is 2.81. The highest BCUT2D eigenvalue weighted by molar-refractivity contribution is 5.48. The van der Waals surface area contributed by atoms with E-state index in [9.17, 15) is 0 Å². The lowest BCUT2D eigenvalue weighted by molar-refractivity contribution is 1.07. The molecule has 0 amide bonds. The fourth-order valence-electron chi connectivity index (χ4n) is 0.971. The van der Waals surface area contributed by atoms with E-state index in [0.717, 1.165) is 16.9 Å². The van der Waals surface area contributed by atoms with Crippen LogP contribution >= 0.6 is 0 Å². The van der Waals surface area contributed by atoms with Gasteiger partial charge < -0.3 is 11.1 Å². The first-order chi connectivity index (χ1) is 5.72. The Kier molecular flexibility index (Phi) is 2.88. The molecule has 0 unspecified atom stereocenters. The molecule has 1 rings (SSSR count). The van der Waals surface area contributed by atoms with Gasteiger partial charge in [-0.2, -0.15) is 0 Å². The van der Waals surface area contributed by atoms with E-state index in [1.807, 2.05) is 31.2 Å². The van der Waals surface area contributed by atoms with Gasteiger partial charge in [0.2, 0.25) is 0 Å². The zero-order valence-corrected chi connectivity index (χ0v) is 7.30. The number of hydrogen-bond donors (Lipinski definition) is 2. The minimum Gasteiger partial charge on any atom is -0.360 e. The average molecular weight is 162 g/mol. The summed E-state index contributed by atoms with van der Waals surface area (Å²) < 4.78 is 0. The van der Waals surface area contributed by atoms with E-state index in [-0.39, 0.29) is 0 Å². The van der Waals surface area contributed by atoms with Crippen LogP contribution in [0.4, 0.5) is 5.69 Å². The van der Waals surface area contributed by atoms with E-state index in [1.54, 1.807) is 0 Å². The normalized spacial score (nSPS) is 9.50. The minimum atomic E-state index is 0.591. The van der Waals surface area contributed by atoms with E-state index < -0.39 is 0 Å². The maximum absolute atomic E-state index is 5.46. The van der Waals surface area contributed by atoms with E-state index in [0.29, 0.717) is 6.54 Å². The van der Waals surface area contributed by atoms with Crippen LogP contribution in [-0.2, 0) is 6.54 Å². The molecule has 0 aliphatic rings. The first kappa shape index (κ1) is 8.81. The third-order valence-corrected chi connectivity index (χ3v) is 1.55. The molecule has 0 saturated carbocycles. The van der Waals surface area contributed by atoms with E-state index in [1.165, 1.54) is 0 Å². The van der Waals surface area contributed by atoms with Gasteiger partial charge in [-0.1, -0.05) is 18.7 Å². The Morgan fingerprint density at radius 1 is 1.42 bits per heavy atom. The quantitative estimate of drug-likeness (QED) is 0.714. The fraction of sp³-hybridized carbons (Fsp3) is 0.200. The topological polar surface area (TPSA) is 38.0 Å². The Bertz CT molecular complexity index is 262. The summed E-state index contributed by atoms with van der Waals surface area (Å²) in [7, 11) is 0. The number of hydrogen-bond acceptors (Lipinski definition) is 2. The van der Waals surface area contributed by atoms with Crippen molar-refractivity contribution >= 4 is 5.69 Å². The molecule has 0 aromatic heterocycles. The first-order valence-electron chi connectivity index (χ1n) is 3.94. The van der Waals surface area contributed by atoms with Gasteiger partial charge in [0.25, 0.3) is 0 Å². The van der Waals surface area contributed by atoms with Gasteiger partial charge in [0.1, 0.15) is 0 Å². The molecule has 0 heterocycles. The SMILES string of the molecule is C=C(C)Nc1ccc(CN)cc1. The van der Waals surface area contributed by atoms with Crippen LogP contribution in [0.5, 0.6) is 0 Å². The largest absolute Gasteiger partial charge is 0.360 e. The number of nitrogens with two attached hydrogens (primary N) is 1. The standard InChI is InChI=1S/C10H14N2/c1-8(2)12-10-5-3-9(7-11)4-6-10/h3-6,12H,1,7,11H2,2H3. The lowest BCUT2D eigenvalue weighted by atomic mass is 10.2. The van der Waals surface area contributed by atoms with Crippen LogP contribution in [0.15, 0.2) is 36.5 Å². The molecule has 0 radical (unpaired) electrons. The zero-order valence-electron chi connectivity index (χ0n) is 7.30. The lowest BCUT2D eigenvalue weighted by Gasteiger charge is -2.05. The Hall–Kier alpha value is -1.28. The molecule has 0 spiro atoms. The molecule has 3 N–H and O–H groups in total. The first-order valence-corrected chi connectivity index (χ1v) is 3.94. The third kappa shape index (κ3) is 2.40. The van der Waals surface area contributed by atoms with Gasteiger partial charge in [-0.05, 0) is 24.6 Å². The summed E-state index contributed by atoms with van der Waals surface area (Å²) in [5.41, 5.74) is 8.60. The predicted molar refractivity (Wildman–Crippen MR) is 52.8 cm³/mol. The molecule has 1 aromatic rings. The van der Waals surface area contributed by atoms with Crippen molar-refractivity contribution in [2.24, 2.45) is 5.73 Å². The van der Waals surface area contributed by atoms with Crippen LogP contribution in [0, 0.1) is 0 Å². The molecule has 0 aliphatic carbocycles. The summed E-state index contributed by atoms with van der Waals surface area (Å²) in [6.45, 7) is 6.28. The molecule has 0 aliphatic heterocycles. The van der Waals surface area contributed by atoms with E-state index in [2.05, 4.69) is 11.9 Å². The number of nitrogens with one attached hydrogen (secondary N) is 1. The highest BCUT2D eigenvalue weighted by atomic mass is 14.9. The molecule has 0 fully saturated rings. The number of benzene rings is 1. The molecule has 12 heavy (non-hydrogen) atoms. The summed E-state index contributed by atoms with van der Waals surface area (Å²) in [5, 5.41) is 3.12. The van der Waals surface area contributed by atoms with Crippen molar-refractivity contribution in [1.82, 2.24) is 0 Å². The van der Waals surface area contributed by atoms with Crippen molar-refractivity contribution in [3.05, 3.63) is 42.1 Å². The predicted octanol–water partition coefficient (Wildman–Crippen LogP) is 2.09. The van der Waals surface area contributed by atoms with Gasteiger partial charge in [0.05, 0.1) is 0 Å². The molecule has 1 aromatic carbocycles. The summed E-state index contributed by atoms with van der Waals surface area (Å²) in [5.74, 6) is 0. The Labute approximate surface area is 73.1 Å². The Morgan fingerprint density at radius 3 is 2.42 bits per heavy atom. The summed E-state index contributed by atoms with van der Waals surface area (Å²) in [4.78, 5) is 0. The van der Waals surface area contributed by atoms with Crippen LogP contribution in [0.25, 0.3) is 0 Å². The summed E-state index contributed by atoms with van der Waals surface area (Å²) >= 11 is 0. The zero-order chi connectivity index (χ0) is 8.97. The van der Waals surface area contributed by atoms with Crippen LogP contribution in [-0.4, -0.2) is 0 Å². The van der Waals surface area contributed by atoms with E-state index in [4.69, 9.17) is 5.73 Å². The minimum absolute atomic E-state index is 0.591. The van der Waals surface area contributed by atoms with Crippen LogP contribution < -0.4 is 11.1 Å². The van der Waals surface area contributed by atoms with Gasteiger partial charge in [-0.15, -0.1) is 0 Å². The van der Waals surface area contributed by atoms with Gasteiger partial charge in [-0.3, -0.25) is 0 Å². The van der Waals surface area contributed by atoms with Crippen molar-refractivity contribution in [2.45, 2.75) is 13.5 Å². The van der Waals surface area contributed by atoms with Crippen molar-refractivity contribution in [1.29, 1.82) is 0 Å². The molecule has 2 heteroatoms. The van der Waals surface area contributed by atoms with Crippen LogP contribution in [0.2, 0.25) is 0 Å². The van der Waals surface area contributed by atoms with Gasteiger partial charge >= 0.3 is 0 Å². The van der Waals surface area contributed by atoms with Gasteiger partial charge in [0.15, 0.2) is 0 Å². The number of rotatable bonds is 3. The Morgan fingerprint density at radius 2 is 2.00 bits per heavy atom. The van der Waals surface area contributed by atoms with E-state index >= 15 is 0 Å². The molecular weight excluding hydrogens is 148 g/mol. The van der Waals surface area contributed by atoms with Crippen molar-refractivity contribution < 1.29 is 0 Å². The second kappa shape index (κ2) is 3.93. The second-order valence-corrected chi connectivity index (χ2v) is 2.81. The molecule has 64 valence electrons. The smallest absolute Gasteiger partial charge is 0.0381 e. The number of anilines is 1. The molecule has 0 atom stereocenters. The molecule has 0 saturated heterocycles. The van der Waals surface area contributed by atoms with Crippen molar-refractivity contribution in [3.63, 3.8) is 0 Å². The maximum atomic E-state index is 5.46. The van der Waals surface area contributed by atoms with Crippen LogP contribution in [0.1, 0.15) is 12.5 Å². The summed E-state index contributed by atoms with van der Waals surface area (Å²) in [6.07, 6.45) is 0. The van der Waals surface area contributed by atoms with Crippen LogP contribution in [0.3, 0.4) is 0 Å².